The summed E-state index contributed by atoms with van der Waals surface area (Å²) in [6.45, 7) is 3.96. The van der Waals surface area contributed by atoms with Gasteiger partial charge in [-0.15, -0.1) is 0 Å². The molecule has 2 atom stereocenters. The molecule has 1 rings (SSSR count). The number of aliphatic carboxylic acids is 1. The molecule has 2 N–H and O–H groups in total. The van der Waals surface area contributed by atoms with Crippen molar-refractivity contribution >= 4 is 28.8 Å². The van der Waals surface area contributed by atoms with Gasteiger partial charge in [-0.2, -0.15) is 0 Å². The number of carboxylic acids is 1. The standard InChI is InChI=1S/C15H19NO4S/c1-10-6-12(4-5-14(17)18)8-13(7-10)15(19)16-9-11(2)21(3)20/h4-8,11H,9H2,1-3H3,(H,16,19)(H,17,18)/b5-4+. The molecule has 0 heterocycles. The molecule has 1 aromatic carbocycles. The van der Waals surface area contributed by atoms with Crippen LogP contribution in [0, 0.1) is 6.92 Å². The summed E-state index contributed by atoms with van der Waals surface area (Å²) in [4.78, 5) is 22.6. The number of carboxylic acid groups (broad SMARTS) is 1. The molecule has 0 spiro atoms. The van der Waals surface area contributed by atoms with Crippen LogP contribution in [0.1, 0.15) is 28.4 Å². The molecule has 1 aromatic rings. The first kappa shape index (κ1) is 17.1. The summed E-state index contributed by atoms with van der Waals surface area (Å²) >= 11 is 0. The Balaban J connectivity index is 2.84. The Hall–Kier alpha value is -1.95. The van der Waals surface area contributed by atoms with E-state index in [1.165, 1.54) is 6.08 Å². The highest BCUT2D eigenvalue weighted by molar-refractivity contribution is 7.84. The maximum atomic E-state index is 12.1. The van der Waals surface area contributed by atoms with Crippen LogP contribution in [0.15, 0.2) is 24.3 Å². The minimum absolute atomic E-state index is 0.120. The molecule has 5 nitrogen and oxygen atoms in total. The fourth-order valence-electron chi connectivity index (χ4n) is 1.66. The van der Waals surface area contributed by atoms with Crippen molar-refractivity contribution in [2.45, 2.75) is 19.1 Å². The van der Waals surface area contributed by atoms with E-state index in [2.05, 4.69) is 5.32 Å². The number of rotatable bonds is 6. The van der Waals surface area contributed by atoms with Crippen molar-refractivity contribution in [3.8, 4) is 0 Å². The smallest absolute Gasteiger partial charge is 0.328 e. The lowest BCUT2D eigenvalue weighted by atomic mass is 10.1. The van der Waals surface area contributed by atoms with Gasteiger partial charge in [0.05, 0.1) is 0 Å². The molecule has 0 fully saturated rings. The van der Waals surface area contributed by atoms with Gasteiger partial charge in [-0.1, -0.05) is 6.07 Å². The van der Waals surface area contributed by atoms with Crippen molar-refractivity contribution in [2.24, 2.45) is 0 Å². The second-order valence-corrected chi connectivity index (χ2v) is 6.63. The van der Waals surface area contributed by atoms with Crippen LogP contribution in [0.3, 0.4) is 0 Å². The minimum Gasteiger partial charge on any atom is -0.478 e. The van der Waals surface area contributed by atoms with Gasteiger partial charge in [-0.05, 0) is 43.2 Å². The molecule has 114 valence electrons. The number of nitrogens with one attached hydrogen (secondary N) is 1. The highest BCUT2D eigenvalue weighted by Crippen LogP contribution is 2.11. The van der Waals surface area contributed by atoms with Crippen molar-refractivity contribution in [1.29, 1.82) is 0 Å². The summed E-state index contributed by atoms with van der Waals surface area (Å²) in [6.07, 6.45) is 4.06. The lowest BCUT2D eigenvalue weighted by Crippen LogP contribution is -2.32. The summed E-state index contributed by atoms with van der Waals surface area (Å²) in [5.41, 5.74) is 1.96. The molecule has 0 saturated carbocycles. The average Bonchev–Trinajstić information content (AvgIpc) is 2.41. The number of carbonyl (C=O) groups is 2. The van der Waals surface area contributed by atoms with Gasteiger partial charge in [-0.3, -0.25) is 9.00 Å². The molecule has 0 bridgehead atoms. The molecular weight excluding hydrogens is 290 g/mol. The largest absolute Gasteiger partial charge is 0.478 e. The van der Waals surface area contributed by atoms with Crippen molar-refractivity contribution in [3.63, 3.8) is 0 Å². The normalized spacial score (nSPS) is 13.9. The van der Waals surface area contributed by atoms with Gasteiger partial charge in [0.15, 0.2) is 0 Å². The third-order valence-corrected chi connectivity index (χ3v) is 4.20. The second-order valence-electron chi connectivity index (χ2n) is 4.82. The van der Waals surface area contributed by atoms with Crippen molar-refractivity contribution in [1.82, 2.24) is 5.32 Å². The molecule has 1 amide bonds. The summed E-state index contributed by atoms with van der Waals surface area (Å²) in [7, 11) is -0.991. The minimum atomic E-state index is -1.04. The molecule has 0 aromatic heterocycles. The van der Waals surface area contributed by atoms with Gasteiger partial charge in [0.1, 0.15) is 0 Å². The lowest BCUT2D eigenvalue weighted by Gasteiger charge is -2.11. The van der Waals surface area contributed by atoms with E-state index in [9.17, 15) is 13.8 Å². The van der Waals surface area contributed by atoms with Crippen LogP contribution in [0.2, 0.25) is 0 Å². The molecule has 21 heavy (non-hydrogen) atoms. The third kappa shape index (κ3) is 5.91. The maximum Gasteiger partial charge on any atom is 0.328 e. The first-order valence-electron chi connectivity index (χ1n) is 6.42. The zero-order valence-corrected chi connectivity index (χ0v) is 13.1. The fourth-order valence-corrected chi connectivity index (χ4v) is 1.98. The molecule has 0 aliphatic carbocycles. The highest BCUT2D eigenvalue weighted by Gasteiger charge is 2.11. The van der Waals surface area contributed by atoms with Gasteiger partial charge in [0.25, 0.3) is 5.91 Å². The summed E-state index contributed by atoms with van der Waals surface area (Å²) in [5, 5.41) is 11.2. The summed E-state index contributed by atoms with van der Waals surface area (Å²) in [6, 6.07) is 5.14. The zero-order chi connectivity index (χ0) is 16.0. The van der Waals surface area contributed by atoms with Crippen LogP contribution in [0.5, 0.6) is 0 Å². The van der Waals surface area contributed by atoms with Gasteiger partial charge in [0, 0.05) is 40.5 Å². The predicted octanol–water partition coefficient (Wildman–Crippen LogP) is 1.59. The predicted molar refractivity (Wildman–Crippen MR) is 83.7 cm³/mol. The van der Waals surface area contributed by atoms with Gasteiger partial charge in [-0.25, -0.2) is 4.79 Å². The second kappa shape index (κ2) is 7.73. The maximum absolute atomic E-state index is 12.1. The summed E-state index contributed by atoms with van der Waals surface area (Å²) in [5.74, 6) is -1.30. The van der Waals surface area contributed by atoms with Gasteiger partial charge >= 0.3 is 5.97 Å². The van der Waals surface area contributed by atoms with E-state index < -0.39 is 16.8 Å². The molecule has 0 aliphatic heterocycles. The third-order valence-electron chi connectivity index (χ3n) is 2.90. The number of benzene rings is 1. The average molecular weight is 309 g/mol. The Bertz CT molecular complexity index is 595. The van der Waals surface area contributed by atoms with E-state index in [1.54, 1.807) is 31.4 Å². The van der Waals surface area contributed by atoms with Crippen molar-refractivity contribution in [3.05, 3.63) is 41.0 Å². The van der Waals surface area contributed by atoms with E-state index in [-0.39, 0.29) is 11.2 Å². The van der Waals surface area contributed by atoms with E-state index in [4.69, 9.17) is 5.11 Å². The monoisotopic (exact) mass is 309 g/mol. The Labute approximate surface area is 126 Å². The Kier molecular flexibility index (Phi) is 6.30. The van der Waals surface area contributed by atoms with Gasteiger partial charge in [0.2, 0.25) is 0 Å². The molecule has 0 saturated heterocycles. The topological polar surface area (TPSA) is 83.5 Å². The van der Waals surface area contributed by atoms with Crippen LogP contribution in [0.4, 0.5) is 0 Å². The molecular formula is C15H19NO4S. The molecule has 6 heteroatoms. The number of carbonyl (C=O) groups excluding carboxylic acids is 1. The van der Waals surface area contributed by atoms with E-state index in [0.29, 0.717) is 17.7 Å². The first-order valence-corrected chi connectivity index (χ1v) is 8.05. The highest BCUT2D eigenvalue weighted by atomic mass is 32.2. The number of hydrogen-bond donors (Lipinski definition) is 2. The van der Waals surface area contributed by atoms with E-state index in [1.807, 2.05) is 6.92 Å². The fraction of sp³-hybridized carbons (Fsp3) is 0.333. The number of aryl methyl sites for hydroxylation is 1. The molecule has 0 aliphatic rings. The summed E-state index contributed by atoms with van der Waals surface area (Å²) < 4.78 is 11.2. The Morgan fingerprint density at radius 2 is 2.05 bits per heavy atom. The SMILES string of the molecule is Cc1cc(/C=C/C(=O)O)cc(C(=O)NCC(C)S(C)=O)c1. The van der Waals surface area contributed by atoms with Crippen LogP contribution < -0.4 is 5.32 Å². The molecule has 0 radical (unpaired) electrons. The van der Waals surface area contributed by atoms with Crippen molar-refractivity contribution < 1.29 is 18.9 Å². The van der Waals surface area contributed by atoms with E-state index >= 15 is 0 Å². The van der Waals surface area contributed by atoms with Crippen LogP contribution >= 0.6 is 0 Å². The Morgan fingerprint density at radius 1 is 1.38 bits per heavy atom. The van der Waals surface area contributed by atoms with Crippen LogP contribution in [-0.2, 0) is 15.6 Å². The van der Waals surface area contributed by atoms with Crippen LogP contribution in [0.25, 0.3) is 6.08 Å². The number of hydrogen-bond acceptors (Lipinski definition) is 3. The lowest BCUT2D eigenvalue weighted by molar-refractivity contribution is -0.131. The molecule has 2 unspecified atom stereocenters. The first-order chi connectivity index (χ1) is 9.79. The van der Waals surface area contributed by atoms with Crippen molar-refractivity contribution in [2.75, 3.05) is 12.8 Å². The van der Waals surface area contributed by atoms with Gasteiger partial charge < -0.3 is 10.4 Å². The van der Waals surface area contributed by atoms with E-state index in [0.717, 1.165) is 11.6 Å². The quantitative estimate of drug-likeness (QED) is 0.782. The zero-order valence-electron chi connectivity index (χ0n) is 12.3. The van der Waals surface area contributed by atoms with Crippen LogP contribution in [-0.4, -0.2) is 39.2 Å². The number of amides is 1. The Morgan fingerprint density at radius 3 is 2.62 bits per heavy atom.